The Labute approximate surface area is 85.6 Å². The molecule has 1 rings (SSSR count). The molecule has 4 heteroatoms. The standard InChI is InChI=1S/C8H14N2O2.C2H6/c1-9-3-4-10(2)6-5-7(11)8(6)12;1-2/h5,8-9,12H,3-4H2,1-2H3;1-2H3. The first kappa shape index (κ1) is 13.1. The van der Waals surface area contributed by atoms with E-state index in [1.54, 1.807) is 0 Å². The summed E-state index contributed by atoms with van der Waals surface area (Å²) in [5.74, 6) is -0.193. The van der Waals surface area contributed by atoms with Gasteiger partial charge in [-0.25, -0.2) is 0 Å². The van der Waals surface area contributed by atoms with Crippen LogP contribution < -0.4 is 5.32 Å². The fourth-order valence-electron chi connectivity index (χ4n) is 1.08. The zero-order chi connectivity index (χ0) is 11.1. The summed E-state index contributed by atoms with van der Waals surface area (Å²) in [7, 11) is 3.73. The number of carbonyl (C=O) groups excluding carboxylic acids is 1. The Bertz CT molecular complexity index is 214. The summed E-state index contributed by atoms with van der Waals surface area (Å²) >= 11 is 0. The normalized spacial score (nSPS) is 19.1. The number of aliphatic hydroxyl groups excluding tert-OH is 1. The minimum Gasteiger partial charge on any atom is -0.379 e. The molecule has 0 bridgehead atoms. The van der Waals surface area contributed by atoms with Gasteiger partial charge in [0.25, 0.3) is 0 Å². The molecule has 0 saturated carbocycles. The molecule has 0 fully saturated rings. The Kier molecular flexibility index (Phi) is 6.16. The number of carbonyl (C=O) groups is 1. The summed E-state index contributed by atoms with van der Waals surface area (Å²) in [4.78, 5) is 12.5. The maximum Gasteiger partial charge on any atom is 0.191 e. The molecule has 0 heterocycles. The highest BCUT2D eigenvalue weighted by atomic mass is 16.3. The molecule has 14 heavy (non-hydrogen) atoms. The monoisotopic (exact) mass is 200 g/mol. The van der Waals surface area contributed by atoms with Crippen molar-refractivity contribution in [1.82, 2.24) is 10.2 Å². The topological polar surface area (TPSA) is 52.6 Å². The first-order valence-electron chi connectivity index (χ1n) is 4.96. The van der Waals surface area contributed by atoms with Gasteiger partial charge >= 0.3 is 0 Å². The van der Waals surface area contributed by atoms with Gasteiger partial charge in [-0.3, -0.25) is 4.79 Å². The minimum atomic E-state index is -0.883. The molecule has 1 aliphatic carbocycles. The number of nitrogens with one attached hydrogen (secondary N) is 1. The Balaban J connectivity index is 0.000000791. The quantitative estimate of drug-likeness (QED) is 0.670. The lowest BCUT2D eigenvalue weighted by Crippen LogP contribution is -2.41. The molecule has 0 aromatic rings. The zero-order valence-electron chi connectivity index (χ0n) is 9.37. The minimum absolute atomic E-state index is 0.193. The predicted molar refractivity (Wildman–Crippen MR) is 57.0 cm³/mol. The van der Waals surface area contributed by atoms with Crippen LogP contribution in [-0.4, -0.2) is 49.1 Å². The van der Waals surface area contributed by atoms with E-state index in [9.17, 15) is 4.79 Å². The van der Waals surface area contributed by atoms with Crippen LogP contribution in [0.25, 0.3) is 0 Å². The van der Waals surface area contributed by atoms with Crippen molar-refractivity contribution in [2.24, 2.45) is 0 Å². The van der Waals surface area contributed by atoms with Gasteiger partial charge in [-0.1, -0.05) is 13.8 Å². The number of ketones is 1. The number of hydrogen-bond acceptors (Lipinski definition) is 4. The summed E-state index contributed by atoms with van der Waals surface area (Å²) in [6.45, 7) is 5.64. The zero-order valence-corrected chi connectivity index (χ0v) is 9.37. The number of aliphatic hydroxyl groups is 1. The Morgan fingerprint density at radius 1 is 1.57 bits per heavy atom. The largest absolute Gasteiger partial charge is 0.379 e. The molecule has 0 saturated heterocycles. The highest BCUT2D eigenvalue weighted by Crippen LogP contribution is 2.17. The van der Waals surface area contributed by atoms with Crippen molar-refractivity contribution >= 4 is 5.78 Å². The van der Waals surface area contributed by atoms with E-state index in [4.69, 9.17) is 5.11 Å². The lowest BCUT2D eigenvalue weighted by atomic mass is 9.99. The smallest absolute Gasteiger partial charge is 0.191 e. The Hall–Kier alpha value is -0.870. The van der Waals surface area contributed by atoms with Gasteiger partial charge < -0.3 is 15.3 Å². The van der Waals surface area contributed by atoms with Crippen molar-refractivity contribution < 1.29 is 9.90 Å². The van der Waals surface area contributed by atoms with Gasteiger partial charge in [-0.15, -0.1) is 0 Å². The van der Waals surface area contributed by atoms with Gasteiger partial charge in [0.15, 0.2) is 11.9 Å². The highest BCUT2D eigenvalue weighted by molar-refractivity contribution is 6.03. The highest BCUT2D eigenvalue weighted by Gasteiger charge is 2.30. The average molecular weight is 200 g/mol. The third kappa shape index (κ3) is 3.12. The van der Waals surface area contributed by atoms with Crippen LogP contribution in [0.3, 0.4) is 0 Å². The van der Waals surface area contributed by atoms with Gasteiger partial charge in [0.2, 0.25) is 0 Å². The molecule has 4 nitrogen and oxygen atoms in total. The van der Waals surface area contributed by atoms with Crippen molar-refractivity contribution in [2.75, 3.05) is 27.2 Å². The van der Waals surface area contributed by atoms with Crippen molar-refractivity contribution in [1.29, 1.82) is 0 Å². The van der Waals surface area contributed by atoms with Crippen LogP contribution in [0, 0.1) is 0 Å². The molecule has 82 valence electrons. The predicted octanol–water partition coefficient (Wildman–Crippen LogP) is -0.00870. The molecule has 0 radical (unpaired) electrons. The summed E-state index contributed by atoms with van der Waals surface area (Å²) in [5, 5.41) is 12.2. The van der Waals surface area contributed by atoms with Gasteiger partial charge in [-0.05, 0) is 7.05 Å². The first-order valence-corrected chi connectivity index (χ1v) is 4.96. The van der Waals surface area contributed by atoms with Crippen molar-refractivity contribution in [3.05, 3.63) is 11.8 Å². The second-order valence-corrected chi connectivity index (χ2v) is 2.90. The van der Waals surface area contributed by atoms with Crippen LogP contribution in [-0.2, 0) is 4.79 Å². The molecule has 0 aromatic heterocycles. The summed E-state index contributed by atoms with van der Waals surface area (Å²) in [6, 6.07) is 0. The van der Waals surface area contributed by atoms with Crippen LogP contribution in [0.1, 0.15) is 13.8 Å². The molecule has 0 aliphatic heterocycles. The van der Waals surface area contributed by atoms with Crippen LogP contribution in [0.2, 0.25) is 0 Å². The molecule has 0 amide bonds. The second-order valence-electron chi connectivity index (χ2n) is 2.90. The third-order valence-electron chi connectivity index (χ3n) is 1.98. The lowest BCUT2D eigenvalue weighted by Gasteiger charge is -2.30. The molecule has 1 unspecified atom stereocenters. The van der Waals surface area contributed by atoms with Gasteiger partial charge in [0, 0.05) is 26.2 Å². The fourth-order valence-corrected chi connectivity index (χ4v) is 1.08. The van der Waals surface area contributed by atoms with Gasteiger partial charge in [-0.2, -0.15) is 0 Å². The maximum absolute atomic E-state index is 10.7. The lowest BCUT2D eigenvalue weighted by molar-refractivity contribution is -0.124. The average Bonchev–Trinajstić information content (AvgIpc) is 2.24. The summed E-state index contributed by atoms with van der Waals surface area (Å²) < 4.78 is 0. The molecule has 0 aromatic carbocycles. The Morgan fingerprint density at radius 2 is 2.14 bits per heavy atom. The maximum atomic E-state index is 10.7. The molecule has 1 aliphatic rings. The number of nitrogens with zero attached hydrogens (tertiary/aromatic N) is 1. The van der Waals surface area contributed by atoms with E-state index in [1.807, 2.05) is 32.8 Å². The van der Waals surface area contributed by atoms with E-state index in [2.05, 4.69) is 5.32 Å². The summed E-state index contributed by atoms with van der Waals surface area (Å²) in [5.41, 5.74) is 0.718. The van der Waals surface area contributed by atoms with E-state index in [0.717, 1.165) is 18.8 Å². The van der Waals surface area contributed by atoms with E-state index >= 15 is 0 Å². The molecule has 2 N–H and O–H groups in total. The SMILES string of the molecule is CC.CNCCN(C)C1=CC(=O)C1O. The van der Waals surface area contributed by atoms with Crippen LogP contribution in [0.15, 0.2) is 11.8 Å². The van der Waals surface area contributed by atoms with E-state index in [0.29, 0.717) is 0 Å². The first-order chi connectivity index (χ1) is 6.66. The Morgan fingerprint density at radius 3 is 2.50 bits per heavy atom. The summed E-state index contributed by atoms with van der Waals surface area (Å²) in [6.07, 6.45) is 0.590. The van der Waals surface area contributed by atoms with Crippen LogP contribution >= 0.6 is 0 Å². The van der Waals surface area contributed by atoms with Crippen molar-refractivity contribution in [3.63, 3.8) is 0 Å². The van der Waals surface area contributed by atoms with Crippen LogP contribution in [0.4, 0.5) is 0 Å². The molecular formula is C10H20N2O2. The van der Waals surface area contributed by atoms with Crippen molar-refractivity contribution in [2.45, 2.75) is 20.0 Å². The number of likely N-dealkylation sites (N-methyl/N-ethyl adjacent to an activating group) is 2. The van der Waals surface area contributed by atoms with E-state index < -0.39 is 6.10 Å². The molecule has 0 spiro atoms. The number of rotatable bonds is 4. The van der Waals surface area contributed by atoms with E-state index in [1.165, 1.54) is 6.08 Å². The van der Waals surface area contributed by atoms with Crippen molar-refractivity contribution in [3.8, 4) is 0 Å². The molecular weight excluding hydrogens is 180 g/mol. The fraction of sp³-hybridized carbons (Fsp3) is 0.700. The third-order valence-corrected chi connectivity index (χ3v) is 1.98. The second kappa shape index (κ2) is 6.56. The van der Waals surface area contributed by atoms with Crippen LogP contribution in [0.5, 0.6) is 0 Å². The van der Waals surface area contributed by atoms with E-state index in [-0.39, 0.29) is 5.78 Å². The van der Waals surface area contributed by atoms with Gasteiger partial charge in [0.1, 0.15) is 0 Å². The van der Waals surface area contributed by atoms with Gasteiger partial charge in [0.05, 0.1) is 5.70 Å². The number of hydrogen-bond donors (Lipinski definition) is 2. The molecule has 1 atom stereocenters.